The molecule has 0 amide bonds. The normalized spacial score (nSPS) is 10.9. The minimum absolute atomic E-state index is 0.192. The molecule has 0 bridgehead atoms. The van der Waals surface area contributed by atoms with E-state index in [1.165, 1.54) is 18.2 Å². The molecule has 0 radical (unpaired) electrons. The van der Waals surface area contributed by atoms with Crippen LogP contribution in [0.2, 0.25) is 0 Å². The highest BCUT2D eigenvalue weighted by Crippen LogP contribution is 2.36. The third-order valence-electron chi connectivity index (χ3n) is 5.00. The smallest absolute Gasteiger partial charge is 0.335 e. The Morgan fingerprint density at radius 3 is 2.50 bits per heavy atom. The Kier molecular flexibility index (Phi) is 8.20. The average Bonchev–Trinajstić information content (AvgIpc) is 2.83. The summed E-state index contributed by atoms with van der Waals surface area (Å²) < 4.78 is 26.2. The lowest BCUT2D eigenvalue weighted by atomic mass is 10.0. The van der Waals surface area contributed by atoms with Crippen molar-refractivity contribution in [2.45, 2.75) is 20.0 Å². The van der Waals surface area contributed by atoms with E-state index in [4.69, 9.17) is 14.6 Å². The fourth-order valence-corrected chi connectivity index (χ4v) is 3.42. The first-order valence-corrected chi connectivity index (χ1v) is 10.7. The maximum Gasteiger partial charge on any atom is 0.335 e. The second kappa shape index (κ2) is 11.5. The molecule has 0 unspecified atom stereocenters. The molecule has 0 saturated heterocycles. The molecule has 34 heavy (non-hydrogen) atoms. The Morgan fingerprint density at radius 2 is 1.88 bits per heavy atom. The van der Waals surface area contributed by atoms with Gasteiger partial charge in [0.1, 0.15) is 12.4 Å². The monoisotopic (exact) mass is 457 g/mol. The van der Waals surface area contributed by atoms with Crippen LogP contribution in [0.25, 0.3) is 11.6 Å². The molecule has 0 spiro atoms. The SMILES string of the molecule is C=CCc1cc(/C=C(/C#N)c2ccccc2F)cc(OCC)c1OCc1ccc(C(=O)O)cc1. The molecule has 1 N–H and O–H groups in total. The van der Waals surface area contributed by atoms with Crippen molar-refractivity contribution in [1.82, 2.24) is 0 Å². The second-order valence-electron chi connectivity index (χ2n) is 7.37. The molecule has 0 aromatic heterocycles. The first-order chi connectivity index (χ1) is 16.5. The van der Waals surface area contributed by atoms with Crippen LogP contribution in [-0.2, 0) is 13.0 Å². The van der Waals surface area contributed by atoms with Gasteiger partial charge in [0, 0.05) is 11.1 Å². The first-order valence-electron chi connectivity index (χ1n) is 10.7. The van der Waals surface area contributed by atoms with Crippen molar-refractivity contribution >= 4 is 17.6 Å². The van der Waals surface area contributed by atoms with Gasteiger partial charge in [-0.3, -0.25) is 0 Å². The number of allylic oxidation sites excluding steroid dienone is 2. The lowest BCUT2D eigenvalue weighted by Gasteiger charge is -2.17. The van der Waals surface area contributed by atoms with Gasteiger partial charge in [0.15, 0.2) is 11.5 Å². The van der Waals surface area contributed by atoms with Crippen LogP contribution in [0.15, 0.2) is 73.3 Å². The summed E-state index contributed by atoms with van der Waals surface area (Å²) in [5.74, 6) is -0.442. The number of ether oxygens (including phenoxy) is 2. The fourth-order valence-electron chi connectivity index (χ4n) is 3.42. The van der Waals surface area contributed by atoms with E-state index in [1.807, 2.05) is 13.0 Å². The number of halogens is 1. The number of carboxylic acid groups (broad SMARTS) is 1. The fraction of sp³-hybridized carbons (Fsp3) is 0.143. The Morgan fingerprint density at radius 1 is 1.15 bits per heavy atom. The summed E-state index contributed by atoms with van der Waals surface area (Å²) in [5, 5.41) is 18.7. The number of hydrogen-bond donors (Lipinski definition) is 1. The van der Waals surface area contributed by atoms with Crippen LogP contribution in [0.5, 0.6) is 11.5 Å². The van der Waals surface area contributed by atoms with Gasteiger partial charge in [-0.15, -0.1) is 6.58 Å². The maximum absolute atomic E-state index is 14.2. The van der Waals surface area contributed by atoms with Crippen molar-refractivity contribution in [1.29, 1.82) is 5.26 Å². The molecule has 0 atom stereocenters. The van der Waals surface area contributed by atoms with Crippen LogP contribution >= 0.6 is 0 Å². The van der Waals surface area contributed by atoms with Crippen LogP contribution in [0, 0.1) is 17.1 Å². The lowest BCUT2D eigenvalue weighted by molar-refractivity contribution is 0.0697. The predicted octanol–water partition coefficient (Wildman–Crippen LogP) is 6.29. The maximum atomic E-state index is 14.2. The van der Waals surface area contributed by atoms with E-state index in [-0.39, 0.29) is 23.3 Å². The minimum atomic E-state index is -0.991. The number of carboxylic acids is 1. The van der Waals surface area contributed by atoms with E-state index >= 15 is 0 Å². The molecule has 3 rings (SSSR count). The van der Waals surface area contributed by atoms with Gasteiger partial charge in [-0.25, -0.2) is 9.18 Å². The molecule has 0 saturated carbocycles. The Balaban J connectivity index is 1.98. The van der Waals surface area contributed by atoms with Crippen LogP contribution in [-0.4, -0.2) is 17.7 Å². The number of rotatable bonds is 10. The molecule has 0 aliphatic heterocycles. The number of carbonyl (C=O) groups is 1. The summed E-state index contributed by atoms with van der Waals surface area (Å²) >= 11 is 0. The third kappa shape index (κ3) is 5.90. The highest BCUT2D eigenvalue weighted by molar-refractivity contribution is 5.90. The van der Waals surface area contributed by atoms with Gasteiger partial charge >= 0.3 is 5.97 Å². The zero-order valence-corrected chi connectivity index (χ0v) is 18.8. The van der Waals surface area contributed by atoms with Gasteiger partial charge < -0.3 is 14.6 Å². The average molecular weight is 458 g/mol. The summed E-state index contributed by atoms with van der Waals surface area (Å²) in [5.41, 5.74) is 2.87. The van der Waals surface area contributed by atoms with Gasteiger partial charge in [-0.05, 0) is 60.9 Å². The Labute approximate surface area is 198 Å². The van der Waals surface area contributed by atoms with E-state index in [9.17, 15) is 14.4 Å². The molecule has 3 aromatic carbocycles. The van der Waals surface area contributed by atoms with Crippen LogP contribution in [0.1, 0.15) is 39.5 Å². The predicted molar refractivity (Wildman–Crippen MR) is 129 cm³/mol. The summed E-state index contributed by atoms with van der Waals surface area (Å²) in [4.78, 5) is 11.1. The first kappa shape index (κ1) is 24.3. The van der Waals surface area contributed by atoms with Gasteiger partial charge in [0.25, 0.3) is 0 Å². The van der Waals surface area contributed by atoms with Gasteiger partial charge in [0.2, 0.25) is 0 Å². The number of hydrogen-bond acceptors (Lipinski definition) is 4. The molecule has 0 fully saturated rings. The highest BCUT2D eigenvalue weighted by Gasteiger charge is 2.15. The van der Waals surface area contributed by atoms with Crippen molar-refractivity contribution in [3.05, 3.63) is 107 Å². The lowest BCUT2D eigenvalue weighted by Crippen LogP contribution is -2.04. The summed E-state index contributed by atoms with van der Waals surface area (Å²) in [6.07, 6.45) is 3.83. The largest absolute Gasteiger partial charge is 0.490 e. The van der Waals surface area contributed by atoms with Crippen LogP contribution in [0.3, 0.4) is 0 Å². The van der Waals surface area contributed by atoms with E-state index < -0.39 is 11.8 Å². The van der Waals surface area contributed by atoms with Crippen LogP contribution in [0.4, 0.5) is 4.39 Å². The highest BCUT2D eigenvalue weighted by atomic mass is 19.1. The van der Waals surface area contributed by atoms with Crippen molar-refractivity contribution in [2.75, 3.05) is 6.61 Å². The molecule has 3 aromatic rings. The van der Waals surface area contributed by atoms with E-state index in [2.05, 4.69) is 12.6 Å². The molecule has 0 aliphatic rings. The number of benzene rings is 3. The molecule has 0 aliphatic carbocycles. The standard InChI is InChI=1S/C28H24FNO4/c1-3-7-22-14-20(15-23(17-30)24-8-5-6-9-25(24)29)16-26(33-4-2)27(22)34-18-19-10-12-21(13-11-19)28(31)32/h3,5-6,8-16H,1,4,7,18H2,2H3,(H,31,32)/b23-15-. The molecular formula is C28H24FNO4. The zero-order chi connectivity index (χ0) is 24.5. The van der Waals surface area contributed by atoms with E-state index in [0.717, 1.165) is 11.1 Å². The van der Waals surface area contributed by atoms with Crippen molar-refractivity contribution in [2.24, 2.45) is 0 Å². The Bertz CT molecular complexity index is 1260. The summed E-state index contributed by atoms with van der Waals surface area (Å²) in [6.45, 7) is 6.26. The van der Waals surface area contributed by atoms with E-state index in [0.29, 0.717) is 30.1 Å². The second-order valence-corrected chi connectivity index (χ2v) is 7.37. The van der Waals surface area contributed by atoms with Crippen molar-refractivity contribution in [3.8, 4) is 17.6 Å². The molecular weight excluding hydrogens is 433 g/mol. The number of aromatic carboxylic acids is 1. The third-order valence-corrected chi connectivity index (χ3v) is 5.00. The van der Waals surface area contributed by atoms with Gasteiger partial charge in [-0.1, -0.05) is 36.4 Å². The molecule has 172 valence electrons. The van der Waals surface area contributed by atoms with Crippen molar-refractivity contribution < 1.29 is 23.8 Å². The zero-order valence-electron chi connectivity index (χ0n) is 18.8. The van der Waals surface area contributed by atoms with Crippen LogP contribution < -0.4 is 9.47 Å². The van der Waals surface area contributed by atoms with Gasteiger partial charge in [0.05, 0.1) is 23.8 Å². The minimum Gasteiger partial charge on any atom is -0.490 e. The topological polar surface area (TPSA) is 79.5 Å². The number of nitrogens with zero attached hydrogens (tertiary/aromatic N) is 1. The van der Waals surface area contributed by atoms with E-state index in [1.54, 1.807) is 48.6 Å². The summed E-state index contributed by atoms with van der Waals surface area (Å²) in [6, 6.07) is 18.2. The van der Waals surface area contributed by atoms with Crippen molar-refractivity contribution in [3.63, 3.8) is 0 Å². The quantitative estimate of drug-likeness (QED) is 0.220. The number of nitriles is 1. The molecule has 0 heterocycles. The van der Waals surface area contributed by atoms with Gasteiger partial charge in [-0.2, -0.15) is 5.26 Å². The molecule has 5 nitrogen and oxygen atoms in total. The summed E-state index contributed by atoms with van der Waals surface area (Å²) in [7, 11) is 0. The molecule has 6 heteroatoms. The Hall–Kier alpha value is -4.37.